The second-order valence-electron chi connectivity index (χ2n) is 5.00. The second kappa shape index (κ2) is 4.84. The topological polar surface area (TPSA) is 74.7 Å². The molecule has 2 fully saturated rings. The summed E-state index contributed by atoms with van der Waals surface area (Å²) in [6, 6.07) is 0.607. The van der Waals surface area contributed by atoms with Crippen molar-refractivity contribution in [3.8, 4) is 0 Å². The molecule has 5 nitrogen and oxygen atoms in total. The average Bonchev–Trinajstić information content (AvgIpc) is 3.01. The van der Waals surface area contributed by atoms with E-state index in [9.17, 15) is 18.3 Å². The van der Waals surface area contributed by atoms with Gasteiger partial charge in [0.05, 0.1) is 10.3 Å². The van der Waals surface area contributed by atoms with Gasteiger partial charge in [0.15, 0.2) is 0 Å². The van der Waals surface area contributed by atoms with Gasteiger partial charge in [-0.15, -0.1) is 11.3 Å². The first-order chi connectivity index (χ1) is 9.32. The van der Waals surface area contributed by atoms with Crippen LogP contribution in [0.4, 0.5) is 0 Å². The van der Waals surface area contributed by atoms with Gasteiger partial charge in [-0.2, -0.15) is 4.31 Å². The molecule has 20 heavy (non-hydrogen) atoms. The number of rotatable bonds is 3. The largest absolute Gasteiger partial charge is 0.481 e. The van der Waals surface area contributed by atoms with Gasteiger partial charge in [0.1, 0.15) is 9.23 Å². The van der Waals surface area contributed by atoms with Gasteiger partial charge in [-0.25, -0.2) is 8.42 Å². The Labute approximate surface area is 130 Å². The number of hydrogen-bond donors (Lipinski definition) is 1. The molecule has 110 valence electrons. The fourth-order valence-electron chi connectivity index (χ4n) is 3.19. The van der Waals surface area contributed by atoms with Crippen LogP contribution < -0.4 is 0 Å². The van der Waals surface area contributed by atoms with Crippen LogP contribution in [0.2, 0.25) is 8.67 Å². The highest BCUT2D eigenvalue weighted by Gasteiger charge is 2.54. The van der Waals surface area contributed by atoms with E-state index in [4.69, 9.17) is 23.2 Å². The first-order valence-corrected chi connectivity index (χ1v) is 9.05. The van der Waals surface area contributed by atoms with E-state index in [0.29, 0.717) is 23.6 Å². The molecule has 3 heterocycles. The summed E-state index contributed by atoms with van der Waals surface area (Å²) in [6.45, 7) is 0. The molecule has 3 rings (SSSR count). The summed E-state index contributed by atoms with van der Waals surface area (Å²) in [5.41, 5.74) is 0. The number of carboxylic acids is 1. The normalized spacial score (nSPS) is 30.0. The van der Waals surface area contributed by atoms with E-state index in [1.165, 1.54) is 10.4 Å². The number of fused-ring (bicyclic) bond motifs is 2. The zero-order chi connectivity index (χ0) is 14.7. The van der Waals surface area contributed by atoms with Crippen molar-refractivity contribution >= 4 is 50.5 Å². The standard InChI is InChI=1S/C11H11Cl2NO4S2/c12-9-4-8(10(13)19-9)20(17,18)14-5-1-2-7(14)6(3-5)11(15)16/h4-7H,1-3H2,(H,15,16). The lowest BCUT2D eigenvalue weighted by molar-refractivity contribution is -0.142. The van der Waals surface area contributed by atoms with Crippen LogP contribution in [0, 0.1) is 5.92 Å². The van der Waals surface area contributed by atoms with Gasteiger partial charge in [0.25, 0.3) is 0 Å². The summed E-state index contributed by atoms with van der Waals surface area (Å²) in [6.07, 6.45) is 1.65. The first kappa shape index (κ1) is 14.6. The summed E-state index contributed by atoms with van der Waals surface area (Å²) >= 11 is 12.7. The Morgan fingerprint density at radius 3 is 2.60 bits per heavy atom. The number of nitrogens with zero attached hydrogens (tertiary/aromatic N) is 1. The van der Waals surface area contributed by atoms with Gasteiger partial charge in [-0.3, -0.25) is 4.79 Å². The van der Waals surface area contributed by atoms with Crippen LogP contribution in [0.5, 0.6) is 0 Å². The number of carboxylic acid groups (broad SMARTS) is 1. The number of hydrogen-bond acceptors (Lipinski definition) is 4. The molecule has 1 aromatic heterocycles. The predicted octanol–water partition coefficient (Wildman–Crippen LogP) is 2.68. The van der Waals surface area contributed by atoms with Crippen LogP contribution in [0.15, 0.2) is 11.0 Å². The average molecular weight is 356 g/mol. The van der Waals surface area contributed by atoms with Crippen molar-refractivity contribution in [2.75, 3.05) is 0 Å². The maximum absolute atomic E-state index is 12.7. The zero-order valence-electron chi connectivity index (χ0n) is 10.1. The molecule has 2 aliphatic rings. The zero-order valence-corrected chi connectivity index (χ0v) is 13.3. The number of aliphatic carboxylic acids is 1. The molecule has 2 aliphatic heterocycles. The van der Waals surface area contributed by atoms with Gasteiger partial charge < -0.3 is 5.11 Å². The Hall–Kier alpha value is -0.340. The molecule has 0 saturated carbocycles. The molecule has 1 N–H and O–H groups in total. The SMILES string of the molecule is O=C(O)C1CC2CCC1N2S(=O)(=O)c1cc(Cl)sc1Cl. The van der Waals surface area contributed by atoms with Crippen LogP contribution in [0.25, 0.3) is 0 Å². The quantitative estimate of drug-likeness (QED) is 0.904. The van der Waals surface area contributed by atoms with Gasteiger partial charge in [-0.1, -0.05) is 23.2 Å². The van der Waals surface area contributed by atoms with Crippen molar-refractivity contribution in [1.82, 2.24) is 4.31 Å². The maximum atomic E-state index is 12.7. The Bertz CT molecular complexity index is 672. The van der Waals surface area contributed by atoms with Crippen molar-refractivity contribution in [2.45, 2.75) is 36.2 Å². The summed E-state index contributed by atoms with van der Waals surface area (Å²) in [4.78, 5) is 11.2. The van der Waals surface area contributed by atoms with Gasteiger partial charge in [-0.05, 0) is 25.3 Å². The monoisotopic (exact) mass is 355 g/mol. The van der Waals surface area contributed by atoms with E-state index < -0.39 is 28.0 Å². The molecule has 1 aromatic rings. The third-order valence-corrected chi connectivity index (χ3v) is 7.70. The van der Waals surface area contributed by atoms with Crippen molar-refractivity contribution in [2.24, 2.45) is 5.92 Å². The predicted molar refractivity (Wildman–Crippen MR) is 75.9 cm³/mol. The Morgan fingerprint density at radius 2 is 2.10 bits per heavy atom. The summed E-state index contributed by atoms with van der Waals surface area (Å²) in [7, 11) is -3.79. The van der Waals surface area contributed by atoms with Crippen molar-refractivity contribution in [3.05, 3.63) is 14.7 Å². The third-order valence-electron chi connectivity index (χ3n) is 3.97. The van der Waals surface area contributed by atoms with Crippen LogP contribution >= 0.6 is 34.5 Å². The van der Waals surface area contributed by atoms with E-state index in [1.807, 2.05) is 0 Å². The minimum Gasteiger partial charge on any atom is -0.481 e. The van der Waals surface area contributed by atoms with Crippen molar-refractivity contribution in [1.29, 1.82) is 0 Å². The lowest BCUT2D eigenvalue weighted by atomic mass is 9.89. The van der Waals surface area contributed by atoms with E-state index >= 15 is 0 Å². The molecule has 0 spiro atoms. The van der Waals surface area contributed by atoms with Crippen LogP contribution in [0.1, 0.15) is 19.3 Å². The lowest BCUT2D eigenvalue weighted by Crippen LogP contribution is -2.37. The highest BCUT2D eigenvalue weighted by atomic mass is 35.5. The van der Waals surface area contributed by atoms with E-state index in [2.05, 4.69) is 0 Å². The summed E-state index contributed by atoms with van der Waals surface area (Å²) in [5.74, 6) is -1.57. The molecule has 0 aliphatic carbocycles. The van der Waals surface area contributed by atoms with Crippen LogP contribution in [-0.2, 0) is 14.8 Å². The van der Waals surface area contributed by atoms with Crippen molar-refractivity contribution in [3.63, 3.8) is 0 Å². The molecular formula is C11H11Cl2NO4S2. The van der Waals surface area contributed by atoms with Gasteiger partial charge in [0, 0.05) is 12.1 Å². The highest BCUT2D eigenvalue weighted by molar-refractivity contribution is 7.89. The number of halogens is 2. The fraction of sp³-hybridized carbons (Fsp3) is 0.545. The highest BCUT2D eigenvalue weighted by Crippen LogP contribution is 2.47. The number of sulfonamides is 1. The number of thiophene rings is 1. The molecular weight excluding hydrogens is 345 g/mol. The molecule has 3 atom stereocenters. The number of carbonyl (C=O) groups is 1. The summed E-state index contributed by atoms with van der Waals surface area (Å²) < 4.78 is 27.1. The molecule has 9 heteroatoms. The fourth-order valence-corrected chi connectivity index (χ4v) is 7.23. The van der Waals surface area contributed by atoms with E-state index in [0.717, 1.165) is 11.3 Å². The summed E-state index contributed by atoms with van der Waals surface area (Å²) in [5, 5.41) is 9.18. The second-order valence-corrected chi connectivity index (χ2v) is 9.10. The van der Waals surface area contributed by atoms with Crippen molar-refractivity contribution < 1.29 is 18.3 Å². The smallest absolute Gasteiger partial charge is 0.308 e. The Morgan fingerprint density at radius 1 is 1.40 bits per heavy atom. The van der Waals surface area contributed by atoms with E-state index in [-0.39, 0.29) is 15.3 Å². The van der Waals surface area contributed by atoms with Gasteiger partial charge >= 0.3 is 5.97 Å². The minimum atomic E-state index is -3.79. The van der Waals surface area contributed by atoms with Crippen LogP contribution in [0.3, 0.4) is 0 Å². The maximum Gasteiger partial charge on any atom is 0.308 e. The minimum absolute atomic E-state index is 0.0166. The third kappa shape index (κ3) is 2.07. The molecule has 2 bridgehead atoms. The molecule has 0 aromatic carbocycles. The molecule has 0 radical (unpaired) electrons. The lowest BCUT2D eigenvalue weighted by Gasteiger charge is -2.22. The van der Waals surface area contributed by atoms with E-state index in [1.54, 1.807) is 0 Å². The Kier molecular flexibility index (Phi) is 3.53. The van der Waals surface area contributed by atoms with Crippen LogP contribution in [-0.4, -0.2) is 35.9 Å². The van der Waals surface area contributed by atoms with Gasteiger partial charge in [0.2, 0.25) is 10.0 Å². The molecule has 0 amide bonds. The Balaban J connectivity index is 2.01. The molecule has 3 unspecified atom stereocenters. The molecule has 2 saturated heterocycles. The first-order valence-electron chi connectivity index (χ1n) is 6.03.